The molecule has 0 aromatic carbocycles. The van der Waals surface area contributed by atoms with Crippen LogP contribution in [-0.2, 0) is 0 Å². The smallest absolute Gasteiger partial charge is 0.228 e. The number of hydrogen-bond donors (Lipinski definition) is 0. The maximum atomic E-state index is 11.7. The number of carbonyl (C=O) groups excluding carboxylic acids is 1. The van der Waals surface area contributed by atoms with Crippen LogP contribution in [0.25, 0.3) is 0 Å². The number of rotatable bonds is 2. The lowest BCUT2D eigenvalue weighted by atomic mass is 10.1. The normalized spacial score (nSPS) is 10.1. The first-order valence-electron chi connectivity index (χ1n) is 3.97. The summed E-state index contributed by atoms with van der Waals surface area (Å²) in [6.45, 7) is 0. The zero-order valence-corrected chi connectivity index (χ0v) is 7.86. The van der Waals surface area contributed by atoms with Crippen LogP contribution in [0, 0.1) is 0 Å². The third-order valence-corrected chi connectivity index (χ3v) is 1.94. The second-order valence-corrected chi connectivity index (χ2v) is 3.06. The van der Waals surface area contributed by atoms with E-state index in [-0.39, 0.29) is 5.78 Å². The van der Waals surface area contributed by atoms with Crippen LogP contribution in [0.5, 0.6) is 0 Å². The maximum absolute atomic E-state index is 11.7. The molecule has 2 rings (SSSR count). The van der Waals surface area contributed by atoms with Crippen LogP contribution in [0.1, 0.15) is 16.1 Å². The Labute approximate surface area is 85.3 Å². The van der Waals surface area contributed by atoms with E-state index >= 15 is 0 Å². The molecule has 0 N–H and O–H groups in total. The van der Waals surface area contributed by atoms with Gasteiger partial charge in [0.25, 0.3) is 0 Å². The van der Waals surface area contributed by atoms with Crippen molar-refractivity contribution < 1.29 is 9.21 Å². The average Bonchev–Trinajstić information content (AvgIpc) is 2.69. The van der Waals surface area contributed by atoms with E-state index in [1.165, 1.54) is 18.5 Å². The zero-order chi connectivity index (χ0) is 9.97. The molecule has 0 aliphatic heterocycles. The Morgan fingerprint density at radius 3 is 2.93 bits per heavy atom. The first-order valence-corrected chi connectivity index (χ1v) is 4.35. The molecule has 70 valence electrons. The lowest BCUT2D eigenvalue weighted by Gasteiger charge is -1.96. The van der Waals surface area contributed by atoms with Gasteiger partial charge in [-0.25, -0.2) is 4.98 Å². The second kappa shape index (κ2) is 3.64. The molecule has 0 atom stereocenters. The number of ketones is 1. The molecule has 0 amide bonds. The van der Waals surface area contributed by atoms with E-state index in [4.69, 9.17) is 16.0 Å². The third-order valence-electron chi connectivity index (χ3n) is 1.73. The lowest BCUT2D eigenvalue weighted by Crippen LogP contribution is -1.99. The standard InChI is InChI=1S/C10H6ClNO2/c11-9-6-7(3-4-12-9)10(13)8-2-1-5-14-8/h1-6H. The van der Waals surface area contributed by atoms with Crippen LogP contribution in [0.4, 0.5) is 0 Å². The van der Waals surface area contributed by atoms with Gasteiger partial charge in [0.15, 0.2) is 5.76 Å². The molecule has 0 fully saturated rings. The quantitative estimate of drug-likeness (QED) is 0.562. The van der Waals surface area contributed by atoms with Crippen molar-refractivity contribution in [1.82, 2.24) is 4.98 Å². The van der Waals surface area contributed by atoms with Gasteiger partial charge in [-0.05, 0) is 24.3 Å². The highest BCUT2D eigenvalue weighted by atomic mass is 35.5. The number of furan rings is 1. The van der Waals surface area contributed by atoms with Gasteiger partial charge in [-0.1, -0.05) is 11.6 Å². The molecule has 0 bridgehead atoms. The molecule has 14 heavy (non-hydrogen) atoms. The maximum Gasteiger partial charge on any atom is 0.228 e. The van der Waals surface area contributed by atoms with Crippen LogP contribution >= 0.6 is 11.6 Å². The van der Waals surface area contributed by atoms with E-state index in [9.17, 15) is 4.79 Å². The van der Waals surface area contributed by atoms with Gasteiger partial charge in [-0.3, -0.25) is 4.79 Å². The fourth-order valence-electron chi connectivity index (χ4n) is 1.09. The Hall–Kier alpha value is -1.61. The number of nitrogens with zero attached hydrogens (tertiary/aromatic N) is 1. The van der Waals surface area contributed by atoms with Crippen molar-refractivity contribution in [3.8, 4) is 0 Å². The summed E-state index contributed by atoms with van der Waals surface area (Å²) in [5.74, 6) is 0.103. The topological polar surface area (TPSA) is 43.1 Å². The van der Waals surface area contributed by atoms with E-state index in [0.29, 0.717) is 16.5 Å². The van der Waals surface area contributed by atoms with Crippen molar-refractivity contribution in [1.29, 1.82) is 0 Å². The van der Waals surface area contributed by atoms with Crippen molar-refractivity contribution in [2.24, 2.45) is 0 Å². The molecule has 0 radical (unpaired) electrons. The molecule has 0 spiro atoms. The summed E-state index contributed by atoms with van der Waals surface area (Å²) in [7, 11) is 0. The van der Waals surface area contributed by atoms with E-state index in [1.807, 2.05) is 0 Å². The van der Waals surface area contributed by atoms with Crippen molar-refractivity contribution in [2.75, 3.05) is 0 Å². The van der Waals surface area contributed by atoms with Gasteiger partial charge < -0.3 is 4.42 Å². The highest BCUT2D eigenvalue weighted by Gasteiger charge is 2.11. The van der Waals surface area contributed by atoms with Gasteiger partial charge in [-0.2, -0.15) is 0 Å². The summed E-state index contributed by atoms with van der Waals surface area (Å²) in [5.41, 5.74) is 0.472. The first-order chi connectivity index (χ1) is 6.77. The van der Waals surface area contributed by atoms with Gasteiger partial charge in [0, 0.05) is 11.8 Å². The van der Waals surface area contributed by atoms with Crippen molar-refractivity contribution in [3.05, 3.63) is 53.2 Å². The summed E-state index contributed by atoms with van der Waals surface area (Å²) in [6.07, 6.45) is 2.94. The number of pyridine rings is 1. The Morgan fingerprint density at radius 2 is 2.29 bits per heavy atom. The van der Waals surface area contributed by atoms with Gasteiger partial charge in [0.2, 0.25) is 5.78 Å². The molecule has 2 heterocycles. The Balaban J connectivity index is 2.37. The SMILES string of the molecule is O=C(c1ccnc(Cl)c1)c1ccco1. The molecular weight excluding hydrogens is 202 g/mol. The van der Waals surface area contributed by atoms with Crippen LogP contribution in [0.2, 0.25) is 5.15 Å². The minimum Gasteiger partial charge on any atom is -0.461 e. The molecular formula is C10H6ClNO2. The molecule has 0 saturated heterocycles. The fourth-order valence-corrected chi connectivity index (χ4v) is 1.27. The van der Waals surface area contributed by atoms with E-state index in [1.54, 1.807) is 18.2 Å². The summed E-state index contributed by atoms with van der Waals surface area (Å²) in [4.78, 5) is 15.5. The van der Waals surface area contributed by atoms with Crippen LogP contribution in [0.3, 0.4) is 0 Å². The molecule has 4 heteroatoms. The molecule has 2 aromatic rings. The zero-order valence-electron chi connectivity index (χ0n) is 7.11. The second-order valence-electron chi connectivity index (χ2n) is 2.67. The van der Waals surface area contributed by atoms with Gasteiger partial charge in [0.05, 0.1) is 6.26 Å². The summed E-state index contributed by atoms with van der Waals surface area (Å²) >= 11 is 5.66. The Bertz CT molecular complexity index is 451. The molecule has 0 aliphatic rings. The molecule has 0 saturated carbocycles. The van der Waals surface area contributed by atoms with E-state index in [0.717, 1.165) is 0 Å². The van der Waals surface area contributed by atoms with Crippen LogP contribution < -0.4 is 0 Å². The van der Waals surface area contributed by atoms with Gasteiger partial charge in [-0.15, -0.1) is 0 Å². The largest absolute Gasteiger partial charge is 0.461 e. The molecule has 0 unspecified atom stereocenters. The summed E-state index contributed by atoms with van der Waals surface area (Å²) < 4.78 is 4.98. The van der Waals surface area contributed by atoms with Crippen LogP contribution in [0.15, 0.2) is 41.1 Å². The van der Waals surface area contributed by atoms with Crippen molar-refractivity contribution >= 4 is 17.4 Å². The van der Waals surface area contributed by atoms with Gasteiger partial charge >= 0.3 is 0 Å². The first kappa shape index (κ1) is 8.97. The number of hydrogen-bond acceptors (Lipinski definition) is 3. The Morgan fingerprint density at radius 1 is 1.43 bits per heavy atom. The predicted molar refractivity (Wildman–Crippen MR) is 51.4 cm³/mol. The molecule has 3 nitrogen and oxygen atoms in total. The summed E-state index contributed by atoms with van der Waals surface area (Å²) in [5, 5.41) is 0.294. The predicted octanol–water partition coefficient (Wildman–Crippen LogP) is 2.56. The minimum absolute atomic E-state index is 0.195. The van der Waals surface area contributed by atoms with Crippen LogP contribution in [-0.4, -0.2) is 10.8 Å². The minimum atomic E-state index is -0.195. The average molecular weight is 208 g/mol. The highest BCUT2D eigenvalue weighted by molar-refractivity contribution is 6.29. The number of halogens is 1. The van der Waals surface area contributed by atoms with Crippen molar-refractivity contribution in [3.63, 3.8) is 0 Å². The monoisotopic (exact) mass is 207 g/mol. The summed E-state index contributed by atoms with van der Waals surface area (Å²) in [6, 6.07) is 6.37. The Kier molecular flexibility index (Phi) is 2.33. The number of carbonyl (C=O) groups is 1. The third kappa shape index (κ3) is 1.67. The van der Waals surface area contributed by atoms with Crippen molar-refractivity contribution in [2.45, 2.75) is 0 Å². The lowest BCUT2D eigenvalue weighted by molar-refractivity contribution is 0.101. The fraction of sp³-hybridized carbons (Fsp3) is 0. The highest BCUT2D eigenvalue weighted by Crippen LogP contribution is 2.12. The van der Waals surface area contributed by atoms with E-state index in [2.05, 4.69) is 4.98 Å². The van der Waals surface area contributed by atoms with E-state index < -0.39 is 0 Å². The molecule has 0 aliphatic carbocycles. The van der Waals surface area contributed by atoms with Gasteiger partial charge in [0.1, 0.15) is 5.15 Å². The number of aromatic nitrogens is 1. The molecule has 2 aromatic heterocycles.